The summed E-state index contributed by atoms with van der Waals surface area (Å²) in [7, 11) is 0. The number of hydrogen-bond donors (Lipinski definition) is 3. The van der Waals surface area contributed by atoms with Gasteiger partial charge in [-0.15, -0.1) is 0 Å². The molecule has 0 amide bonds. The van der Waals surface area contributed by atoms with Gasteiger partial charge < -0.3 is 14.2 Å². The molecule has 0 unspecified atom stereocenters. The van der Waals surface area contributed by atoms with E-state index in [1.54, 1.807) is 0 Å². The maximum atomic E-state index is 5.85. The van der Waals surface area contributed by atoms with Crippen LogP contribution in [0.15, 0.2) is 37.0 Å². The van der Waals surface area contributed by atoms with Crippen molar-refractivity contribution >= 4 is 0 Å². The van der Waals surface area contributed by atoms with Gasteiger partial charge in [-0.3, -0.25) is 16.0 Å². The van der Waals surface area contributed by atoms with E-state index in [1.165, 1.54) is 0 Å². The minimum absolute atomic E-state index is 0.0789. The molecular formula is C18H27N3O3. The Hall–Kier alpha value is -1.50. The summed E-state index contributed by atoms with van der Waals surface area (Å²) in [4.78, 5) is 0. The molecule has 4 rings (SSSR count). The second kappa shape index (κ2) is 7.59. The van der Waals surface area contributed by atoms with E-state index in [1.807, 2.05) is 18.8 Å². The lowest BCUT2D eigenvalue weighted by Gasteiger charge is -2.46. The highest BCUT2D eigenvalue weighted by atomic mass is 16.5. The summed E-state index contributed by atoms with van der Waals surface area (Å²) >= 11 is 0. The quantitative estimate of drug-likeness (QED) is 0.732. The Morgan fingerprint density at radius 1 is 0.542 bits per heavy atom. The van der Waals surface area contributed by atoms with Gasteiger partial charge in [0, 0.05) is 0 Å². The molecule has 4 heterocycles. The lowest BCUT2D eigenvalue weighted by atomic mass is 10.0. The van der Waals surface area contributed by atoms with E-state index >= 15 is 0 Å². The van der Waals surface area contributed by atoms with Gasteiger partial charge in [-0.25, -0.2) is 0 Å². The van der Waals surface area contributed by atoms with Crippen LogP contribution >= 0.6 is 0 Å². The first-order chi connectivity index (χ1) is 11.9. The lowest BCUT2D eigenvalue weighted by molar-refractivity contribution is -0.0343. The average Bonchev–Trinajstić information content (AvgIpc) is 2.70. The predicted octanol–water partition coefficient (Wildman–Crippen LogP) is 1.83. The Morgan fingerprint density at radius 3 is 1.12 bits per heavy atom. The van der Waals surface area contributed by atoms with Crippen molar-refractivity contribution in [3.63, 3.8) is 0 Å². The van der Waals surface area contributed by atoms with Crippen LogP contribution in [0.1, 0.15) is 38.5 Å². The summed E-state index contributed by atoms with van der Waals surface area (Å²) in [6.07, 6.45) is 18.5. The number of ether oxygens (including phenoxy) is 3. The number of allylic oxidation sites excluding steroid dienone is 3. The van der Waals surface area contributed by atoms with Gasteiger partial charge in [0.25, 0.3) is 0 Å². The van der Waals surface area contributed by atoms with Gasteiger partial charge in [-0.2, -0.15) is 0 Å². The summed E-state index contributed by atoms with van der Waals surface area (Å²) in [6, 6.07) is 0. The summed E-state index contributed by atoms with van der Waals surface area (Å²) in [6.45, 7) is 0. The molecule has 3 atom stereocenters. The SMILES string of the molecule is C1=CO[C@H](C2NC([C@@H]3CCC=CO3)NC([C@@H]3CCC=CO3)N2)CC1. The monoisotopic (exact) mass is 333 g/mol. The Morgan fingerprint density at radius 2 is 0.875 bits per heavy atom. The topological polar surface area (TPSA) is 63.8 Å². The molecule has 0 aliphatic carbocycles. The van der Waals surface area contributed by atoms with Crippen LogP contribution in [0.3, 0.4) is 0 Å². The van der Waals surface area contributed by atoms with Gasteiger partial charge in [0.1, 0.15) is 18.3 Å². The molecule has 6 heteroatoms. The maximum Gasteiger partial charge on any atom is 0.127 e. The molecule has 0 aromatic carbocycles. The number of hydrogen-bond acceptors (Lipinski definition) is 6. The molecule has 4 aliphatic rings. The highest BCUT2D eigenvalue weighted by Gasteiger charge is 2.40. The zero-order valence-corrected chi connectivity index (χ0v) is 13.9. The first-order valence-electron chi connectivity index (χ1n) is 9.10. The van der Waals surface area contributed by atoms with E-state index in [4.69, 9.17) is 14.2 Å². The highest BCUT2D eigenvalue weighted by Crippen LogP contribution is 2.22. The Balaban J connectivity index is 1.47. The number of rotatable bonds is 3. The largest absolute Gasteiger partial charge is 0.495 e. The van der Waals surface area contributed by atoms with Crippen molar-refractivity contribution < 1.29 is 14.2 Å². The van der Waals surface area contributed by atoms with E-state index in [2.05, 4.69) is 34.2 Å². The minimum Gasteiger partial charge on any atom is -0.495 e. The van der Waals surface area contributed by atoms with Crippen molar-refractivity contribution in [2.45, 2.75) is 75.3 Å². The van der Waals surface area contributed by atoms with Crippen molar-refractivity contribution in [2.24, 2.45) is 0 Å². The Labute approximate surface area is 143 Å². The smallest absolute Gasteiger partial charge is 0.127 e. The molecule has 132 valence electrons. The molecule has 0 bridgehead atoms. The second-order valence-corrected chi connectivity index (χ2v) is 6.80. The molecule has 1 saturated heterocycles. The van der Waals surface area contributed by atoms with Crippen LogP contribution in [0.25, 0.3) is 0 Å². The molecule has 0 aromatic rings. The third kappa shape index (κ3) is 3.61. The maximum absolute atomic E-state index is 5.85. The van der Waals surface area contributed by atoms with Gasteiger partial charge in [-0.05, 0) is 56.8 Å². The molecule has 0 radical (unpaired) electrons. The predicted molar refractivity (Wildman–Crippen MR) is 90.5 cm³/mol. The fourth-order valence-electron chi connectivity index (χ4n) is 3.76. The zero-order chi connectivity index (χ0) is 16.2. The zero-order valence-electron chi connectivity index (χ0n) is 13.9. The molecule has 0 aromatic heterocycles. The van der Waals surface area contributed by atoms with Gasteiger partial charge in [0.05, 0.1) is 37.3 Å². The minimum atomic E-state index is 0.0789. The normalized spacial score (nSPS) is 42.0. The highest BCUT2D eigenvalue weighted by molar-refractivity contribution is 4.99. The first kappa shape index (κ1) is 16.0. The van der Waals surface area contributed by atoms with Crippen molar-refractivity contribution in [3.8, 4) is 0 Å². The molecule has 0 saturated carbocycles. The van der Waals surface area contributed by atoms with E-state index < -0.39 is 0 Å². The van der Waals surface area contributed by atoms with Crippen molar-refractivity contribution in [1.29, 1.82) is 0 Å². The van der Waals surface area contributed by atoms with Crippen LogP contribution in [0.4, 0.5) is 0 Å². The van der Waals surface area contributed by atoms with Crippen LogP contribution in [-0.4, -0.2) is 36.8 Å². The van der Waals surface area contributed by atoms with E-state index in [-0.39, 0.29) is 36.8 Å². The van der Waals surface area contributed by atoms with Gasteiger partial charge in [0.2, 0.25) is 0 Å². The van der Waals surface area contributed by atoms with Crippen LogP contribution in [0.5, 0.6) is 0 Å². The molecule has 24 heavy (non-hydrogen) atoms. The average molecular weight is 333 g/mol. The number of nitrogens with one attached hydrogen (secondary N) is 3. The molecular weight excluding hydrogens is 306 g/mol. The van der Waals surface area contributed by atoms with E-state index in [0.717, 1.165) is 38.5 Å². The summed E-state index contributed by atoms with van der Waals surface area (Å²) in [5.41, 5.74) is 0. The van der Waals surface area contributed by atoms with Crippen molar-refractivity contribution in [2.75, 3.05) is 0 Å². The first-order valence-corrected chi connectivity index (χ1v) is 9.10. The Bertz CT molecular complexity index is 430. The van der Waals surface area contributed by atoms with Crippen LogP contribution in [0.2, 0.25) is 0 Å². The molecule has 4 aliphatic heterocycles. The van der Waals surface area contributed by atoms with Crippen molar-refractivity contribution in [3.05, 3.63) is 37.0 Å². The summed E-state index contributed by atoms with van der Waals surface area (Å²) < 4.78 is 17.5. The van der Waals surface area contributed by atoms with E-state index in [0.29, 0.717) is 0 Å². The van der Waals surface area contributed by atoms with Gasteiger partial charge >= 0.3 is 0 Å². The van der Waals surface area contributed by atoms with Crippen molar-refractivity contribution in [1.82, 2.24) is 16.0 Å². The second-order valence-electron chi connectivity index (χ2n) is 6.80. The van der Waals surface area contributed by atoms with Gasteiger partial charge in [-0.1, -0.05) is 0 Å². The molecule has 1 fully saturated rings. The molecule has 3 N–H and O–H groups in total. The lowest BCUT2D eigenvalue weighted by Crippen LogP contribution is -2.75. The van der Waals surface area contributed by atoms with Crippen LogP contribution < -0.4 is 16.0 Å². The van der Waals surface area contributed by atoms with Crippen LogP contribution in [0, 0.1) is 0 Å². The summed E-state index contributed by atoms with van der Waals surface area (Å²) in [5.74, 6) is 0. The fourth-order valence-corrected chi connectivity index (χ4v) is 3.76. The standard InChI is InChI=1S/C18H27N3O3/c1-4-10-22-13(7-1)16-19-17(14-8-2-5-11-23-14)21-18(20-16)15-9-3-6-12-24-15/h4-6,10-21H,1-3,7-9H2/t13-,14-,15-,16?,17?,18?/m0/s1. The molecule has 0 spiro atoms. The van der Waals surface area contributed by atoms with Crippen LogP contribution in [-0.2, 0) is 14.2 Å². The van der Waals surface area contributed by atoms with E-state index in [9.17, 15) is 0 Å². The Kier molecular flexibility index (Phi) is 5.06. The third-order valence-electron chi connectivity index (χ3n) is 5.10. The van der Waals surface area contributed by atoms with Gasteiger partial charge in [0.15, 0.2) is 0 Å². The fraction of sp³-hybridized carbons (Fsp3) is 0.667. The summed E-state index contributed by atoms with van der Waals surface area (Å²) in [5, 5.41) is 10.9. The molecule has 6 nitrogen and oxygen atoms in total. The third-order valence-corrected chi connectivity index (χ3v) is 5.10.